The summed E-state index contributed by atoms with van der Waals surface area (Å²) in [6.07, 6.45) is 4.90. The van der Waals surface area contributed by atoms with Crippen LogP contribution in [0.1, 0.15) is 67.3 Å². The number of carbonyl (C=O) groups is 3. The Labute approximate surface area is 267 Å². The van der Waals surface area contributed by atoms with Gasteiger partial charge < -0.3 is 34.9 Å². The van der Waals surface area contributed by atoms with Crippen molar-refractivity contribution in [3.8, 4) is 11.5 Å². The molecule has 2 aromatic heterocycles. The van der Waals surface area contributed by atoms with E-state index in [1.807, 2.05) is 20.8 Å². The molecule has 0 saturated heterocycles. The molecule has 240 valence electrons. The summed E-state index contributed by atoms with van der Waals surface area (Å²) in [5.41, 5.74) is -0.126. The lowest BCUT2D eigenvalue weighted by molar-refractivity contribution is 0.0469. The Balaban J connectivity index is 1.47. The van der Waals surface area contributed by atoms with Crippen LogP contribution in [0.4, 0.5) is 16.3 Å². The quantitative estimate of drug-likeness (QED) is 0.219. The van der Waals surface area contributed by atoms with Gasteiger partial charge in [-0.3, -0.25) is 9.59 Å². The Kier molecular flexibility index (Phi) is 11.6. The molecule has 0 unspecified atom stereocenters. The van der Waals surface area contributed by atoms with Gasteiger partial charge in [0.05, 0.1) is 29.0 Å². The van der Waals surface area contributed by atoms with Crippen molar-refractivity contribution in [2.24, 2.45) is 0 Å². The van der Waals surface area contributed by atoms with Crippen molar-refractivity contribution in [3.05, 3.63) is 71.1 Å². The minimum absolute atomic E-state index is 0.000368. The summed E-state index contributed by atoms with van der Waals surface area (Å²) in [6.45, 7) is 6.17. The maximum absolute atomic E-state index is 13.6. The van der Waals surface area contributed by atoms with Gasteiger partial charge >= 0.3 is 6.09 Å². The number of halogens is 1. The van der Waals surface area contributed by atoms with Crippen molar-refractivity contribution < 1.29 is 33.3 Å². The predicted octanol–water partition coefficient (Wildman–Crippen LogP) is 5.87. The molecule has 0 spiro atoms. The number of hydrogen-bond acceptors (Lipinski definition) is 9. The molecule has 1 aromatic carbocycles. The molecule has 13 heteroatoms. The van der Waals surface area contributed by atoms with E-state index in [1.165, 1.54) is 12.4 Å². The number of hydrogen-bond donors (Lipinski definition) is 3. The first-order valence-electron chi connectivity index (χ1n) is 14.6. The number of amides is 3. The molecular weight excluding hydrogens is 602 g/mol. The number of carbonyl (C=O) groups excluding carboxylic acids is 3. The van der Waals surface area contributed by atoms with Crippen LogP contribution < -0.4 is 25.4 Å². The van der Waals surface area contributed by atoms with Crippen LogP contribution in [0.5, 0.6) is 11.5 Å². The molecule has 1 aliphatic rings. The molecule has 4 rings (SSSR count). The Bertz CT molecular complexity index is 1470. The van der Waals surface area contributed by atoms with E-state index in [-0.39, 0.29) is 34.9 Å². The standard InChI is InChI=1S/C32H38ClN5O7/c1-32(2,3)45-31(41)36-21-8-10-22(11-9-21)44-26-18-23(43-17-16-42-4)12-13-24(26)29(39)37-25-6-5-15-34-28(25)30(40)38-27-14-7-20(33)19-35-27/h5-7,12-15,18-19,21-22H,8-11,16-17H2,1-4H3,(H,36,41)(H,37,39)(H,35,38,40). The highest BCUT2D eigenvalue weighted by molar-refractivity contribution is 6.30. The van der Waals surface area contributed by atoms with Crippen LogP contribution in [0.3, 0.4) is 0 Å². The van der Waals surface area contributed by atoms with Gasteiger partial charge in [-0.1, -0.05) is 11.6 Å². The van der Waals surface area contributed by atoms with Crippen molar-refractivity contribution in [1.29, 1.82) is 0 Å². The zero-order chi connectivity index (χ0) is 32.4. The van der Waals surface area contributed by atoms with Crippen LogP contribution in [0.15, 0.2) is 54.9 Å². The number of benzene rings is 1. The number of anilines is 2. The Morgan fingerprint density at radius 3 is 2.42 bits per heavy atom. The van der Waals surface area contributed by atoms with Crippen LogP contribution in [0.2, 0.25) is 5.02 Å². The number of methoxy groups -OCH3 is 1. The van der Waals surface area contributed by atoms with Crippen molar-refractivity contribution >= 4 is 41.0 Å². The fourth-order valence-corrected chi connectivity index (χ4v) is 4.71. The highest BCUT2D eigenvalue weighted by atomic mass is 35.5. The molecule has 45 heavy (non-hydrogen) atoms. The fourth-order valence-electron chi connectivity index (χ4n) is 4.60. The zero-order valence-corrected chi connectivity index (χ0v) is 26.5. The van der Waals surface area contributed by atoms with Gasteiger partial charge in [-0.25, -0.2) is 14.8 Å². The van der Waals surface area contributed by atoms with Crippen molar-refractivity contribution in [2.75, 3.05) is 31.0 Å². The first kappa shape index (κ1) is 33.5. The molecule has 1 saturated carbocycles. The van der Waals surface area contributed by atoms with Gasteiger partial charge in [0, 0.05) is 31.6 Å². The summed E-state index contributed by atoms with van der Waals surface area (Å²) in [6, 6.07) is 11.3. The van der Waals surface area contributed by atoms with Crippen LogP contribution in [-0.2, 0) is 9.47 Å². The van der Waals surface area contributed by atoms with E-state index < -0.39 is 23.5 Å². The van der Waals surface area contributed by atoms with E-state index >= 15 is 0 Å². The molecule has 3 aromatic rings. The number of alkyl carbamates (subject to hydrolysis) is 1. The van der Waals surface area contributed by atoms with E-state index in [2.05, 4.69) is 25.9 Å². The SMILES string of the molecule is COCCOc1ccc(C(=O)Nc2cccnc2C(=O)Nc2ccc(Cl)cn2)c(OC2CCC(NC(=O)OC(C)(C)C)CC2)c1. The van der Waals surface area contributed by atoms with Crippen molar-refractivity contribution in [3.63, 3.8) is 0 Å². The van der Waals surface area contributed by atoms with Gasteiger partial charge in [0.2, 0.25) is 0 Å². The maximum atomic E-state index is 13.6. The average molecular weight is 640 g/mol. The molecule has 0 aliphatic heterocycles. The van der Waals surface area contributed by atoms with Gasteiger partial charge in [0.15, 0.2) is 5.69 Å². The zero-order valence-electron chi connectivity index (χ0n) is 25.7. The number of pyridine rings is 2. The van der Waals surface area contributed by atoms with Gasteiger partial charge in [0.25, 0.3) is 11.8 Å². The van der Waals surface area contributed by atoms with E-state index in [9.17, 15) is 14.4 Å². The van der Waals surface area contributed by atoms with E-state index in [1.54, 1.807) is 49.6 Å². The molecule has 3 N–H and O–H groups in total. The van der Waals surface area contributed by atoms with Gasteiger partial charge in [-0.2, -0.15) is 0 Å². The summed E-state index contributed by atoms with van der Waals surface area (Å²) in [7, 11) is 1.58. The molecule has 3 amide bonds. The summed E-state index contributed by atoms with van der Waals surface area (Å²) in [4.78, 5) is 47.1. The number of ether oxygens (including phenoxy) is 4. The monoisotopic (exact) mass is 639 g/mol. The third kappa shape index (κ3) is 10.3. The number of nitrogens with zero attached hydrogens (tertiary/aromatic N) is 2. The lowest BCUT2D eigenvalue weighted by atomic mass is 9.93. The second kappa shape index (κ2) is 15.5. The lowest BCUT2D eigenvalue weighted by Crippen LogP contribution is -2.42. The van der Waals surface area contributed by atoms with Crippen molar-refractivity contribution in [1.82, 2.24) is 15.3 Å². The van der Waals surface area contributed by atoms with Crippen LogP contribution in [0.25, 0.3) is 0 Å². The van der Waals surface area contributed by atoms with E-state index in [0.717, 1.165) is 0 Å². The normalized spacial score (nSPS) is 16.3. The highest BCUT2D eigenvalue weighted by Gasteiger charge is 2.27. The number of rotatable bonds is 11. The summed E-state index contributed by atoms with van der Waals surface area (Å²) in [5, 5.41) is 8.80. The molecule has 2 heterocycles. The van der Waals surface area contributed by atoms with Crippen LogP contribution in [0, 0.1) is 0 Å². The highest BCUT2D eigenvalue weighted by Crippen LogP contribution is 2.31. The molecule has 0 radical (unpaired) electrons. The van der Waals surface area contributed by atoms with E-state index in [4.69, 9.17) is 30.5 Å². The van der Waals surface area contributed by atoms with Crippen LogP contribution >= 0.6 is 11.6 Å². The lowest BCUT2D eigenvalue weighted by Gasteiger charge is -2.30. The first-order valence-corrected chi connectivity index (χ1v) is 15.0. The number of aromatic nitrogens is 2. The maximum Gasteiger partial charge on any atom is 0.407 e. The molecule has 0 atom stereocenters. The summed E-state index contributed by atoms with van der Waals surface area (Å²) in [5.74, 6) is 0.0568. The second-order valence-electron chi connectivity index (χ2n) is 11.4. The summed E-state index contributed by atoms with van der Waals surface area (Å²) >= 11 is 5.89. The molecule has 0 bridgehead atoms. The second-order valence-corrected chi connectivity index (χ2v) is 11.8. The molecule has 1 aliphatic carbocycles. The topological polar surface area (TPSA) is 150 Å². The van der Waals surface area contributed by atoms with Gasteiger partial charge in [0.1, 0.15) is 29.5 Å². The third-order valence-electron chi connectivity index (χ3n) is 6.68. The molecular formula is C32H38ClN5O7. The largest absolute Gasteiger partial charge is 0.491 e. The van der Waals surface area contributed by atoms with Crippen LogP contribution in [-0.4, -0.2) is 65.9 Å². The Hall–Kier alpha value is -4.42. The smallest absolute Gasteiger partial charge is 0.407 e. The first-order chi connectivity index (χ1) is 21.5. The minimum Gasteiger partial charge on any atom is -0.491 e. The van der Waals surface area contributed by atoms with Gasteiger partial charge in [-0.05, 0) is 82.9 Å². The predicted molar refractivity (Wildman–Crippen MR) is 169 cm³/mol. The summed E-state index contributed by atoms with van der Waals surface area (Å²) < 4.78 is 22.6. The molecule has 12 nitrogen and oxygen atoms in total. The minimum atomic E-state index is -0.577. The van der Waals surface area contributed by atoms with Gasteiger partial charge in [-0.15, -0.1) is 0 Å². The Morgan fingerprint density at radius 1 is 0.956 bits per heavy atom. The Morgan fingerprint density at radius 2 is 1.73 bits per heavy atom. The molecule has 1 fully saturated rings. The third-order valence-corrected chi connectivity index (χ3v) is 6.91. The average Bonchev–Trinajstić information content (AvgIpc) is 2.99. The number of nitrogens with one attached hydrogen (secondary N) is 3. The fraction of sp³-hybridized carbons (Fsp3) is 0.406. The van der Waals surface area contributed by atoms with E-state index in [0.29, 0.717) is 55.4 Å². The van der Waals surface area contributed by atoms with Crippen molar-refractivity contribution in [2.45, 2.75) is 64.2 Å².